The zero-order valence-electron chi connectivity index (χ0n) is 17.9. The Hall–Kier alpha value is -3.68. The van der Waals surface area contributed by atoms with Gasteiger partial charge in [-0.1, -0.05) is 6.07 Å². The fraction of sp³-hybridized carbons (Fsp3) is 0.304. The van der Waals surface area contributed by atoms with Gasteiger partial charge in [-0.3, -0.25) is 9.89 Å². The summed E-state index contributed by atoms with van der Waals surface area (Å²) in [6, 6.07) is 10.9. The van der Waals surface area contributed by atoms with Crippen molar-refractivity contribution in [3.05, 3.63) is 53.2 Å². The third kappa shape index (κ3) is 4.01. The second-order valence-corrected chi connectivity index (χ2v) is 7.24. The largest absolute Gasteiger partial charge is 0.497 e. The Balaban J connectivity index is 1.56. The quantitative estimate of drug-likeness (QED) is 0.628. The van der Waals surface area contributed by atoms with Gasteiger partial charge in [-0.2, -0.15) is 5.10 Å². The zero-order valence-corrected chi connectivity index (χ0v) is 17.9. The second kappa shape index (κ2) is 8.59. The molecule has 8 nitrogen and oxygen atoms in total. The van der Waals surface area contributed by atoms with Gasteiger partial charge < -0.3 is 24.3 Å². The summed E-state index contributed by atoms with van der Waals surface area (Å²) in [5.74, 6) is 2.48. The molecule has 4 rings (SSSR count). The summed E-state index contributed by atoms with van der Waals surface area (Å²) in [4.78, 5) is 13.0. The predicted octanol–water partition coefficient (Wildman–Crippen LogP) is 3.66. The van der Waals surface area contributed by atoms with Crippen LogP contribution in [0.5, 0.6) is 23.0 Å². The topological polar surface area (TPSA) is 94.7 Å². The van der Waals surface area contributed by atoms with Gasteiger partial charge >= 0.3 is 0 Å². The number of methoxy groups -OCH3 is 2. The number of aromatic nitrogens is 2. The lowest BCUT2D eigenvalue weighted by Crippen LogP contribution is -2.27. The number of aromatic amines is 1. The zero-order chi connectivity index (χ0) is 22.0. The number of benzene rings is 2. The molecule has 2 aromatic carbocycles. The van der Waals surface area contributed by atoms with Crippen molar-refractivity contribution in [1.29, 1.82) is 0 Å². The van der Waals surface area contributed by atoms with Crippen LogP contribution in [0.1, 0.15) is 34.6 Å². The normalized spacial score (nSPS) is 13.4. The van der Waals surface area contributed by atoms with Gasteiger partial charge in [0.05, 0.1) is 26.0 Å². The van der Waals surface area contributed by atoms with Crippen molar-refractivity contribution in [2.24, 2.45) is 0 Å². The van der Waals surface area contributed by atoms with Crippen LogP contribution < -0.4 is 24.3 Å². The van der Waals surface area contributed by atoms with Gasteiger partial charge in [0.25, 0.3) is 5.91 Å². The summed E-state index contributed by atoms with van der Waals surface area (Å²) in [7, 11) is 3.19. The third-order valence-electron chi connectivity index (χ3n) is 5.31. The lowest BCUT2D eigenvalue weighted by Gasteiger charge is -2.21. The highest BCUT2D eigenvalue weighted by Gasteiger charge is 2.22. The summed E-state index contributed by atoms with van der Waals surface area (Å²) >= 11 is 0. The highest BCUT2D eigenvalue weighted by molar-refractivity contribution is 5.96. The van der Waals surface area contributed by atoms with Gasteiger partial charge in [-0.15, -0.1) is 0 Å². The molecule has 3 aromatic rings. The number of hydrogen-bond donors (Lipinski definition) is 2. The maximum Gasteiger partial charge on any atom is 0.270 e. The number of carbonyl (C=O) groups excluding carboxylic acids is 1. The number of amides is 1. The lowest BCUT2D eigenvalue weighted by atomic mass is 10.0. The molecule has 1 amide bonds. The minimum atomic E-state index is -0.250. The molecule has 2 heterocycles. The summed E-state index contributed by atoms with van der Waals surface area (Å²) in [5.41, 5.74) is 3.41. The van der Waals surface area contributed by atoms with Gasteiger partial charge in [0.1, 0.15) is 30.4 Å². The average molecular weight is 423 g/mol. The van der Waals surface area contributed by atoms with Crippen LogP contribution >= 0.6 is 0 Å². The molecule has 0 spiro atoms. The smallest absolute Gasteiger partial charge is 0.270 e. The van der Waals surface area contributed by atoms with Crippen molar-refractivity contribution in [2.45, 2.75) is 19.9 Å². The molecule has 1 aliphatic heterocycles. The van der Waals surface area contributed by atoms with Crippen LogP contribution in [0.25, 0.3) is 11.3 Å². The van der Waals surface area contributed by atoms with E-state index in [0.29, 0.717) is 41.9 Å². The Morgan fingerprint density at radius 1 is 1.10 bits per heavy atom. The van der Waals surface area contributed by atoms with Gasteiger partial charge in [0.15, 0.2) is 11.5 Å². The number of carbonyl (C=O) groups is 1. The molecule has 162 valence electrons. The molecule has 0 fully saturated rings. The molecule has 1 atom stereocenters. The minimum Gasteiger partial charge on any atom is -0.497 e. The first kappa shape index (κ1) is 20.6. The van der Waals surface area contributed by atoms with Crippen molar-refractivity contribution in [3.63, 3.8) is 0 Å². The van der Waals surface area contributed by atoms with E-state index in [1.165, 1.54) is 0 Å². The lowest BCUT2D eigenvalue weighted by molar-refractivity contribution is 0.0934. The Labute approximate surface area is 180 Å². The van der Waals surface area contributed by atoms with Gasteiger partial charge in [-0.25, -0.2) is 0 Å². The van der Waals surface area contributed by atoms with Crippen LogP contribution in [-0.2, 0) is 0 Å². The second-order valence-electron chi connectivity index (χ2n) is 7.24. The van der Waals surface area contributed by atoms with E-state index in [0.717, 1.165) is 22.4 Å². The van der Waals surface area contributed by atoms with Crippen molar-refractivity contribution in [1.82, 2.24) is 15.5 Å². The first-order valence-corrected chi connectivity index (χ1v) is 9.99. The summed E-state index contributed by atoms with van der Waals surface area (Å²) in [6.07, 6.45) is 0. The highest BCUT2D eigenvalue weighted by Crippen LogP contribution is 2.35. The van der Waals surface area contributed by atoms with E-state index < -0.39 is 0 Å². The minimum absolute atomic E-state index is 0.235. The SMILES string of the molecule is COc1ccc(OC)c(-c2n[nH]c(C(=O)NC(C)c3ccc4c(c3)OCCO4)c2C)c1. The van der Waals surface area contributed by atoms with E-state index in [9.17, 15) is 4.79 Å². The van der Waals surface area contributed by atoms with Gasteiger partial charge in [-0.05, 0) is 49.7 Å². The summed E-state index contributed by atoms with van der Waals surface area (Å²) < 4.78 is 22.0. The molecule has 31 heavy (non-hydrogen) atoms. The Morgan fingerprint density at radius 2 is 1.87 bits per heavy atom. The van der Waals surface area contributed by atoms with Crippen LogP contribution in [0.3, 0.4) is 0 Å². The van der Waals surface area contributed by atoms with E-state index >= 15 is 0 Å². The van der Waals surface area contributed by atoms with Crippen molar-refractivity contribution >= 4 is 5.91 Å². The molecule has 1 aromatic heterocycles. The number of hydrogen-bond acceptors (Lipinski definition) is 6. The van der Waals surface area contributed by atoms with E-state index in [1.54, 1.807) is 14.2 Å². The molecule has 1 unspecified atom stereocenters. The number of nitrogens with one attached hydrogen (secondary N) is 2. The molecule has 0 radical (unpaired) electrons. The average Bonchev–Trinajstić information content (AvgIpc) is 3.19. The molecule has 0 saturated carbocycles. The van der Waals surface area contributed by atoms with E-state index in [-0.39, 0.29) is 11.9 Å². The van der Waals surface area contributed by atoms with E-state index in [4.69, 9.17) is 18.9 Å². The standard InChI is InChI=1S/C23H25N3O5/c1-13-21(17-12-16(28-3)6-8-18(17)29-4)25-26-22(13)23(27)24-14(2)15-5-7-19-20(11-15)31-10-9-30-19/h5-8,11-12,14H,9-10H2,1-4H3,(H,24,27)(H,25,26). The highest BCUT2D eigenvalue weighted by atomic mass is 16.6. The molecule has 0 saturated heterocycles. The number of fused-ring (bicyclic) bond motifs is 1. The van der Waals surface area contributed by atoms with Crippen LogP contribution in [-0.4, -0.2) is 43.5 Å². The summed E-state index contributed by atoms with van der Waals surface area (Å²) in [6.45, 7) is 4.82. The summed E-state index contributed by atoms with van der Waals surface area (Å²) in [5, 5.41) is 10.2. The van der Waals surface area contributed by atoms with Gasteiger partial charge in [0.2, 0.25) is 0 Å². The molecule has 0 aliphatic carbocycles. The number of nitrogens with zero attached hydrogens (tertiary/aromatic N) is 1. The molecular weight excluding hydrogens is 398 g/mol. The van der Waals surface area contributed by atoms with Crippen LogP contribution in [0.2, 0.25) is 0 Å². The predicted molar refractivity (Wildman–Crippen MR) is 115 cm³/mol. The first-order chi connectivity index (χ1) is 15.0. The number of H-pyrrole nitrogens is 1. The van der Waals surface area contributed by atoms with Crippen LogP contribution in [0.15, 0.2) is 36.4 Å². The molecular formula is C23H25N3O5. The number of ether oxygens (including phenoxy) is 4. The fourth-order valence-electron chi connectivity index (χ4n) is 3.56. The Kier molecular flexibility index (Phi) is 5.70. The Bertz CT molecular complexity index is 1110. The molecule has 2 N–H and O–H groups in total. The molecule has 8 heteroatoms. The molecule has 0 bridgehead atoms. The number of rotatable bonds is 6. The van der Waals surface area contributed by atoms with E-state index in [2.05, 4.69) is 15.5 Å². The van der Waals surface area contributed by atoms with Crippen molar-refractivity contribution in [3.8, 4) is 34.3 Å². The van der Waals surface area contributed by atoms with Crippen LogP contribution in [0.4, 0.5) is 0 Å². The molecule has 1 aliphatic rings. The van der Waals surface area contributed by atoms with Crippen molar-refractivity contribution < 1.29 is 23.7 Å². The maximum atomic E-state index is 13.0. The maximum absolute atomic E-state index is 13.0. The van der Waals surface area contributed by atoms with E-state index in [1.807, 2.05) is 50.2 Å². The fourth-order valence-corrected chi connectivity index (χ4v) is 3.56. The Morgan fingerprint density at radius 3 is 2.61 bits per heavy atom. The van der Waals surface area contributed by atoms with Crippen molar-refractivity contribution in [2.75, 3.05) is 27.4 Å². The van der Waals surface area contributed by atoms with Crippen LogP contribution in [0, 0.1) is 6.92 Å². The first-order valence-electron chi connectivity index (χ1n) is 9.99. The monoisotopic (exact) mass is 423 g/mol. The van der Waals surface area contributed by atoms with Gasteiger partial charge in [0, 0.05) is 11.1 Å². The third-order valence-corrected chi connectivity index (χ3v) is 5.31.